The zero-order valence-electron chi connectivity index (χ0n) is 20.3. The van der Waals surface area contributed by atoms with Gasteiger partial charge in [0.2, 0.25) is 0 Å². The van der Waals surface area contributed by atoms with Crippen LogP contribution in [0.3, 0.4) is 0 Å². The van der Waals surface area contributed by atoms with Gasteiger partial charge in [-0.3, -0.25) is 13.8 Å². The van der Waals surface area contributed by atoms with Crippen molar-refractivity contribution in [2.45, 2.75) is 32.1 Å². The highest BCUT2D eigenvalue weighted by molar-refractivity contribution is 5.91. The van der Waals surface area contributed by atoms with Gasteiger partial charge in [-0.2, -0.15) is 5.10 Å². The Hall–Kier alpha value is -3.68. The fourth-order valence-corrected chi connectivity index (χ4v) is 5.09. The van der Waals surface area contributed by atoms with Crippen LogP contribution >= 0.6 is 0 Å². The summed E-state index contributed by atoms with van der Waals surface area (Å²) in [4.78, 5) is 12.5. The summed E-state index contributed by atoms with van der Waals surface area (Å²) in [5.74, 6) is 0.612. The summed E-state index contributed by atoms with van der Waals surface area (Å²) in [5, 5.41) is 4.17. The lowest BCUT2D eigenvalue weighted by atomic mass is 9.87. The summed E-state index contributed by atoms with van der Waals surface area (Å²) in [5.41, 5.74) is 6.43. The van der Waals surface area contributed by atoms with E-state index in [1.165, 1.54) is 0 Å². The van der Waals surface area contributed by atoms with Gasteiger partial charge in [0.05, 0.1) is 18.8 Å². The van der Waals surface area contributed by atoms with Crippen LogP contribution < -0.4 is 10.4 Å². The van der Waals surface area contributed by atoms with Crippen LogP contribution in [0.5, 0.6) is 5.75 Å². The third-order valence-corrected chi connectivity index (χ3v) is 6.95. The number of imidazole rings is 1. The minimum atomic E-state index is -2.60. The maximum Gasteiger partial charge on any atom is 0.328 e. The Morgan fingerprint density at radius 3 is 2.46 bits per heavy atom. The van der Waals surface area contributed by atoms with Crippen LogP contribution in [0.25, 0.3) is 33.8 Å². The number of rotatable bonds is 4. The van der Waals surface area contributed by atoms with E-state index in [0.29, 0.717) is 16.9 Å². The van der Waals surface area contributed by atoms with Gasteiger partial charge >= 0.3 is 5.69 Å². The van der Waals surface area contributed by atoms with E-state index < -0.39 is 6.43 Å². The molecule has 6 nitrogen and oxygen atoms in total. The highest BCUT2D eigenvalue weighted by Crippen LogP contribution is 2.38. The number of hydrogen-bond acceptors (Lipinski definition) is 3. The molecule has 2 aromatic heterocycles. The van der Waals surface area contributed by atoms with Gasteiger partial charge in [-0.1, -0.05) is 6.08 Å². The normalized spacial score (nSPS) is 15.6. The number of fused-ring (bicyclic) bond motifs is 2. The van der Waals surface area contributed by atoms with Crippen molar-refractivity contribution in [3.05, 3.63) is 69.4 Å². The molecule has 5 rings (SSSR count). The molecule has 0 aliphatic heterocycles. The second kappa shape index (κ2) is 8.83. The first kappa shape index (κ1) is 23.1. The second-order valence-electron chi connectivity index (χ2n) is 9.17. The van der Waals surface area contributed by atoms with Gasteiger partial charge in [0.1, 0.15) is 11.3 Å². The number of aromatic nitrogens is 4. The second-order valence-corrected chi connectivity index (χ2v) is 9.17. The van der Waals surface area contributed by atoms with Crippen LogP contribution in [0.15, 0.2) is 41.5 Å². The lowest BCUT2D eigenvalue weighted by Gasteiger charge is -2.19. The average Bonchev–Trinajstić information content (AvgIpc) is 3.35. The zero-order chi connectivity index (χ0) is 24.9. The maximum absolute atomic E-state index is 14.2. The molecule has 2 aromatic carbocycles. The molecule has 1 aliphatic carbocycles. The molecule has 0 bridgehead atoms. The number of hydrogen-bond donors (Lipinski definition) is 0. The Morgan fingerprint density at radius 1 is 1.00 bits per heavy atom. The molecule has 0 saturated carbocycles. The van der Waals surface area contributed by atoms with Crippen LogP contribution in [0.1, 0.15) is 47.9 Å². The number of halogens is 2. The molecule has 0 amide bonds. The van der Waals surface area contributed by atoms with Gasteiger partial charge in [0, 0.05) is 38.5 Å². The van der Waals surface area contributed by atoms with Gasteiger partial charge in [-0.25, -0.2) is 13.6 Å². The van der Waals surface area contributed by atoms with Gasteiger partial charge in [0.15, 0.2) is 0 Å². The summed E-state index contributed by atoms with van der Waals surface area (Å²) in [6.07, 6.45) is 6.37. The molecule has 0 N–H and O–H groups in total. The molecule has 0 fully saturated rings. The highest BCUT2D eigenvalue weighted by atomic mass is 19.3. The third-order valence-electron chi connectivity index (χ3n) is 6.95. The minimum Gasteiger partial charge on any atom is -0.494 e. The van der Waals surface area contributed by atoms with E-state index in [9.17, 15) is 13.6 Å². The maximum atomic E-state index is 14.2. The highest BCUT2D eigenvalue weighted by Gasteiger charge is 2.21. The molecule has 0 radical (unpaired) electrons. The Kier molecular flexibility index (Phi) is 5.83. The average molecular weight is 479 g/mol. The number of alkyl halides is 2. The summed E-state index contributed by atoms with van der Waals surface area (Å²) >= 11 is 0. The first-order chi connectivity index (χ1) is 16.8. The van der Waals surface area contributed by atoms with Crippen molar-refractivity contribution in [2.24, 2.45) is 21.1 Å². The van der Waals surface area contributed by atoms with Gasteiger partial charge < -0.3 is 4.74 Å². The topological polar surface area (TPSA) is 54.0 Å². The van der Waals surface area contributed by atoms with Crippen LogP contribution in [0.4, 0.5) is 8.78 Å². The minimum absolute atomic E-state index is 0.00594. The van der Waals surface area contributed by atoms with E-state index in [2.05, 4.69) is 5.10 Å². The number of aryl methyl sites for hydroxylation is 4. The lowest BCUT2D eigenvalue weighted by Crippen LogP contribution is -2.19. The smallest absolute Gasteiger partial charge is 0.328 e. The van der Waals surface area contributed by atoms with Crippen LogP contribution in [0.2, 0.25) is 0 Å². The summed E-state index contributed by atoms with van der Waals surface area (Å²) < 4.78 is 38.8. The Morgan fingerprint density at radius 2 is 1.77 bits per heavy atom. The Balaban J connectivity index is 1.70. The molecule has 8 heteroatoms. The summed E-state index contributed by atoms with van der Waals surface area (Å²) in [6, 6.07) is 7.46. The molecule has 0 unspecified atom stereocenters. The van der Waals surface area contributed by atoms with Crippen molar-refractivity contribution >= 4 is 22.7 Å². The van der Waals surface area contributed by atoms with E-state index in [-0.39, 0.29) is 11.3 Å². The zero-order valence-corrected chi connectivity index (χ0v) is 20.3. The van der Waals surface area contributed by atoms with E-state index in [1.54, 1.807) is 60.5 Å². The Bertz CT molecular complexity index is 1520. The Labute approximate surface area is 202 Å². The molecule has 0 spiro atoms. The van der Waals surface area contributed by atoms with Crippen molar-refractivity contribution in [2.75, 3.05) is 7.11 Å². The van der Waals surface area contributed by atoms with Crippen molar-refractivity contribution in [1.29, 1.82) is 0 Å². The van der Waals surface area contributed by atoms with Crippen molar-refractivity contribution in [3.8, 4) is 16.9 Å². The van der Waals surface area contributed by atoms with Crippen molar-refractivity contribution in [1.82, 2.24) is 18.9 Å². The van der Waals surface area contributed by atoms with Gasteiger partial charge in [-0.05, 0) is 77.8 Å². The molecule has 2 heterocycles. The monoisotopic (exact) mass is 478 g/mol. The predicted molar refractivity (Wildman–Crippen MR) is 134 cm³/mol. The number of methoxy groups -OCH3 is 1. The largest absolute Gasteiger partial charge is 0.494 e. The quantitative estimate of drug-likeness (QED) is 0.390. The fourth-order valence-electron chi connectivity index (χ4n) is 5.09. The van der Waals surface area contributed by atoms with Crippen molar-refractivity contribution in [3.63, 3.8) is 0 Å². The summed E-state index contributed by atoms with van der Waals surface area (Å²) in [6.45, 7) is 0. The van der Waals surface area contributed by atoms with Gasteiger partial charge in [0.25, 0.3) is 6.43 Å². The van der Waals surface area contributed by atoms with Gasteiger partial charge in [-0.15, -0.1) is 0 Å². The fraction of sp³-hybridized carbons (Fsp3) is 0.333. The molecular formula is C27H28F2N4O2. The molecule has 1 aliphatic rings. The third kappa shape index (κ3) is 3.96. The molecule has 182 valence electrons. The molecular weight excluding hydrogens is 450 g/mol. The molecule has 0 atom stereocenters. The standard InChI is InChI=1S/C27H28F2N4O2/c1-31-15-20(14-30-31)21-10-17-8-6-5-7-16(9-18(17)11-22(21)26(28)29)19-12-23-25(24(13-19)35-4)33(3)27(34)32(23)2/h9-15,26H,5-8H2,1-4H3/b16-9-. The predicted octanol–water partition coefficient (Wildman–Crippen LogP) is 5.49. The first-order valence-corrected chi connectivity index (χ1v) is 11.7. The molecule has 35 heavy (non-hydrogen) atoms. The van der Waals surface area contributed by atoms with Crippen LogP contribution in [0, 0.1) is 0 Å². The first-order valence-electron chi connectivity index (χ1n) is 11.7. The van der Waals surface area contributed by atoms with Crippen molar-refractivity contribution < 1.29 is 13.5 Å². The van der Waals surface area contributed by atoms with E-state index >= 15 is 0 Å². The number of nitrogens with zero attached hydrogens (tertiary/aromatic N) is 4. The summed E-state index contributed by atoms with van der Waals surface area (Å²) in [7, 11) is 6.84. The number of ether oxygens (including phenoxy) is 1. The SMILES string of the molecule is COc1cc(/C2=C\c3cc(C(F)F)c(-c4cnn(C)c4)cc3CCCC2)cc2c1n(C)c(=O)n2C. The lowest BCUT2D eigenvalue weighted by molar-refractivity contribution is 0.152. The van der Waals surface area contributed by atoms with E-state index in [1.807, 2.05) is 24.3 Å². The molecule has 0 saturated heterocycles. The van der Waals surface area contributed by atoms with E-state index in [0.717, 1.165) is 59.0 Å². The van der Waals surface area contributed by atoms with Crippen LogP contribution in [-0.2, 0) is 27.6 Å². The van der Waals surface area contributed by atoms with Crippen LogP contribution in [-0.4, -0.2) is 26.0 Å². The molecule has 4 aromatic rings. The van der Waals surface area contributed by atoms with E-state index in [4.69, 9.17) is 4.74 Å². The number of benzene rings is 2. The number of allylic oxidation sites excluding steroid dienone is 1.